The largest absolute Gasteiger partial charge is 0.354 e. The van der Waals surface area contributed by atoms with Crippen LogP contribution in [0, 0.1) is 5.92 Å². The second kappa shape index (κ2) is 6.25. The number of carbonyl (C=O) groups is 1. The van der Waals surface area contributed by atoms with E-state index in [4.69, 9.17) is 4.98 Å². The van der Waals surface area contributed by atoms with E-state index >= 15 is 0 Å². The summed E-state index contributed by atoms with van der Waals surface area (Å²) in [7, 11) is -3.10. The van der Waals surface area contributed by atoms with Gasteiger partial charge >= 0.3 is 0 Å². The molecule has 1 N–H and O–H groups in total. The van der Waals surface area contributed by atoms with Gasteiger partial charge in [0.05, 0.1) is 28.5 Å². The molecule has 1 unspecified atom stereocenters. The van der Waals surface area contributed by atoms with Crippen molar-refractivity contribution in [2.75, 3.05) is 34.8 Å². The van der Waals surface area contributed by atoms with Crippen molar-refractivity contribution in [3.8, 4) is 0 Å². The number of para-hydroxylation sites is 2. The Morgan fingerprint density at radius 3 is 2.44 bits per heavy atom. The van der Waals surface area contributed by atoms with Crippen LogP contribution < -0.4 is 10.2 Å². The van der Waals surface area contributed by atoms with E-state index in [9.17, 15) is 13.2 Å². The van der Waals surface area contributed by atoms with E-state index in [-0.39, 0.29) is 17.4 Å². The van der Waals surface area contributed by atoms with Gasteiger partial charge in [0, 0.05) is 13.1 Å². The highest BCUT2D eigenvalue weighted by atomic mass is 32.2. The first-order chi connectivity index (χ1) is 12.0. The molecule has 2 aliphatic rings. The zero-order chi connectivity index (χ0) is 17.4. The Bertz CT molecular complexity index is 923. The molecule has 4 rings (SSSR count). The van der Waals surface area contributed by atoms with Crippen LogP contribution >= 0.6 is 0 Å². The van der Waals surface area contributed by atoms with Gasteiger partial charge in [-0.2, -0.15) is 0 Å². The van der Waals surface area contributed by atoms with Crippen LogP contribution in [-0.2, 0) is 14.6 Å². The second-order valence-corrected chi connectivity index (χ2v) is 8.90. The minimum absolute atomic E-state index is 0.0769. The third-order valence-electron chi connectivity index (χ3n) is 4.80. The lowest BCUT2D eigenvalue weighted by molar-refractivity contribution is -0.119. The van der Waals surface area contributed by atoms with Crippen molar-refractivity contribution in [3.05, 3.63) is 24.3 Å². The number of sulfone groups is 1. The summed E-state index contributed by atoms with van der Waals surface area (Å²) in [6.07, 6.45) is 2.54. The number of hydrogen-bond donors (Lipinski definition) is 1. The van der Waals surface area contributed by atoms with E-state index in [1.54, 1.807) is 0 Å². The van der Waals surface area contributed by atoms with Crippen LogP contribution in [0.15, 0.2) is 24.3 Å². The number of benzene rings is 1. The topological polar surface area (TPSA) is 92.3 Å². The van der Waals surface area contributed by atoms with Gasteiger partial charge in [0.25, 0.3) is 0 Å². The molecule has 0 saturated carbocycles. The van der Waals surface area contributed by atoms with Gasteiger partial charge in [-0.15, -0.1) is 0 Å². The molecule has 7 nitrogen and oxygen atoms in total. The molecular formula is C17H20N4O3S. The average molecular weight is 360 g/mol. The Morgan fingerprint density at radius 1 is 1.12 bits per heavy atom. The number of nitrogens with one attached hydrogen (secondary N) is 1. The number of carbonyl (C=O) groups excluding carboxylic acids is 1. The van der Waals surface area contributed by atoms with Crippen LogP contribution in [0.1, 0.15) is 19.3 Å². The number of amides is 1. The standard InChI is InChI=1S/C17H20N4O3S/c22-17(12-7-10-25(23,24)11-12)20-15-16(21-8-3-4-9-21)19-14-6-2-1-5-13(14)18-15/h1-2,5-6,12H,3-4,7-11H2,(H,18,20,22). The van der Waals surface area contributed by atoms with Gasteiger partial charge in [-0.25, -0.2) is 18.4 Å². The summed E-state index contributed by atoms with van der Waals surface area (Å²) in [6, 6.07) is 7.54. The molecule has 1 atom stereocenters. The smallest absolute Gasteiger partial charge is 0.229 e. The predicted octanol–water partition coefficient (Wildman–Crippen LogP) is 1.60. The highest BCUT2D eigenvalue weighted by Gasteiger charge is 2.34. The van der Waals surface area contributed by atoms with Crippen LogP contribution in [0.25, 0.3) is 11.0 Å². The molecule has 2 saturated heterocycles. The molecule has 8 heteroatoms. The maximum absolute atomic E-state index is 12.5. The molecule has 25 heavy (non-hydrogen) atoms. The fourth-order valence-corrected chi connectivity index (χ4v) is 5.19. The van der Waals surface area contributed by atoms with E-state index in [0.717, 1.165) is 31.4 Å². The molecule has 2 aliphatic heterocycles. The van der Waals surface area contributed by atoms with E-state index < -0.39 is 15.8 Å². The molecule has 132 valence electrons. The first-order valence-corrected chi connectivity index (χ1v) is 10.4. The minimum atomic E-state index is -3.10. The van der Waals surface area contributed by atoms with Gasteiger partial charge in [0.15, 0.2) is 21.5 Å². The summed E-state index contributed by atoms with van der Waals surface area (Å²) in [5.41, 5.74) is 1.49. The van der Waals surface area contributed by atoms with E-state index in [0.29, 0.717) is 23.6 Å². The molecule has 0 radical (unpaired) electrons. The zero-order valence-corrected chi connectivity index (χ0v) is 14.6. The van der Waals surface area contributed by atoms with Crippen molar-refractivity contribution in [2.45, 2.75) is 19.3 Å². The van der Waals surface area contributed by atoms with Gasteiger partial charge in [-0.05, 0) is 31.4 Å². The number of fused-ring (bicyclic) bond motifs is 1. The molecule has 2 fully saturated rings. The monoisotopic (exact) mass is 360 g/mol. The van der Waals surface area contributed by atoms with Crippen LogP contribution in [0.5, 0.6) is 0 Å². The van der Waals surface area contributed by atoms with Crippen molar-refractivity contribution in [2.24, 2.45) is 5.92 Å². The number of anilines is 2. The zero-order valence-electron chi connectivity index (χ0n) is 13.8. The number of rotatable bonds is 3. The summed E-state index contributed by atoms with van der Waals surface area (Å²) in [4.78, 5) is 23.9. The predicted molar refractivity (Wildman–Crippen MR) is 96.4 cm³/mol. The third kappa shape index (κ3) is 3.30. The first-order valence-electron chi connectivity index (χ1n) is 8.55. The molecule has 0 bridgehead atoms. The van der Waals surface area contributed by atoms with Crippen LogP contribution in [0.2, 0.25) is 0 Å². The highest BCUT2D eigenvalue weighted by molar-refractivity contribution is 7.91. The summed E-state index contributed by atoms with van der Waals surface area (Å²) < 4.78 is 23.3. The Kier molecular flexibility index (Phi) is 4.07. The Labute approximate surface area is 146 Å². The fraction of sp³-hybridized carbons (Fsp3) is 0.471. The fourth-order valence-electron chi connectivity index (χ4n) is 3.44. The van der Waals surface area contributed by atoms with Crippen molar-refractivity contribution >= 4 is 38.4 Å². The molecule has 1 amide bonds. The highest BCUT2D eigenvalue weighted by Crippen LogP contribution is 2.29. The normalized spacial score (nSPS) is 22.4. The van der Waals surface area contributed by atoms with Crippen LogP contribution in [0.4, 0.5) is 11.6 Å². The summed E-state index contributed by atoms with van der Waals surface area (Å²) in [5.74, 6) is 0.294. The Morgan fingerprint density at radius 2 is 1.80 bits per heavy atom. The van der Waals surface area contributed by atoms with E-state index in [2.05, 4.69) is 15.2 Å². The van der Waals surface area contributed by atoms with Crippen LogP contribution in [0.3, 0.4) is 0 Å². The van der Waals surface area contributed by atoms with Crippen molar-refractivity contribution in [1.29, 1.82) is 0 Å². The second-order valence-electron chi connectivity index (χ2n) is 6.67. The summed E-state index contributed by atoms with van der Waals surface area (Å²) >= 11 is 0. The quantitative estimate of drug-likeness (QED) is 0.894. The van der Waals surface area contributed by atoms with Gasteiger partial charge in [0.1, 0.15) is 0 Å². The average Bonchev–Trinajstić information content (AvgIpc) is 3.23. The van der Waals surface area contributed by atoms with Crippen molar-refractivity contribution < 1.29 is 13.2 Å². The molecule has 0 spiro atoms. The van der Waals surface area contributed by atoms with E-state index in [1.807, 2.05) is 24.3 Å². The lowest BCUT2D eigenvalue weighted by Crippen LogP contribution is -2.27. The lowest BCUT2D eigenvalue weighted by Gasteiger charge is -2.20. The summed E-state index contributed by atoms with van der Waals surface area (Å²) in [6.45, 7) is 1.77. The van der Waals surface area contributed by atoms with Gasteiger partial charge in [0.2, 0.25) is 5.91 Å². The number of aromatic nitrogens is 2. The Balaban J connectivity index is 1.67. The van der Waals surface area contributed by atoms with Gasteiger partial charge < -0.3 is 10.2 Å². The lowest BCUT2D eigenvalue weighted by atomic mass is 10.1. The first kappa shape index (κ1) is 16.3. The Hall–Kier alpha value is -2.22. The SMILES string of the molecule is O=C(Nc1nc2ccccc2nc1N1CCCC1)C1CCS(=O)(=O)C1. The van der Waals surface area contributed by atoms with Gasteiger partial charge in [-0.3, -0.25) is 4.79 Å². The summed E-state index contributed by atoms with van der Waals surface area (Å²) in [5, 5.41) is 2.84. The van der Waals surface area contributed by atoms with Crippen LogP contribution in [-0.4, -0.2) is 48.9 Å². The molecule has 3 heterocycles. The third-order valence-corrected chi connectivity index (χ3v) is 6.57. The molecular weight excluding hydrogens is 340 g/mol. The molecule has 0 aliphatic carbocycles. The minimum Gasteiger partial charge on any atom is -0.354 e. The van der Waals surface area contributed by atoms with Crippen molar-refractivity contribution in [1.82, 2.24) is 9.97 Å². The van der Waals surface area contributed by atoms with E-state index in [1.165, 1.54) is 0 Å². The molecule has 1 aromatic heterocycles. The van der Waals surface area contributed by atoms with Crippen molar-refractivity contribution in [3.63, 3.8) is 0 Å². The number of hydrogen-bond acceptors (Lipinski definition) is 6. The number of nitrogens with zero attached hydrogens (tertiary/aromatic N) is 3. The molecule has 1 aromatic carbocycles. The maximum atomic E-state index is 12.5. The maximum Gasteiger partial charge on any atom is 0.229 e. The van der Waals surface area contributed by atoms with Gasteiger partial charge in [-0.1, -0.05) is 12.1 Å². The molecule has 2 aromatic rings.